The largest absolute Gasteiger partial charge is 0.412 e. The topological polar surface area (TPSA) is 51.8 Å². The molecule has 3 nitrogen and oxygen atoms in total. The van der Waals surface area contributed by atoms with Crippen molar-refractivity contribution in [1.82, 2.24) is 4.90 Å². The summed E-state index contributed by atoms with van der Waals surface area (Å²) in [5, 5.41) is 0. The van der Waals surface area contributed by atoms with Gasteiger partial charge in [-0.15, -0.1) is 0 Å². The standard InChI is InChI=1S/C12H23NO.H2O/c1-2-3-4-5-6-7-10-13-11-8-9-12(13)14;/h2-11H2,1H3;1H2. The zero-order valence-corrected chi connectivity index (χ0v) is 9.93. The van der Waals surface area contributed by atoms with Gasteiger partial charge in [-0.3, -0.25) is 4.79 Å². The van der Waals surface area contributed by atoms with Gasteiger partial charge in [-0.25, -0.2) is 0 Å². The van der Waals surface area contributed by atoms with Gasteiger partial charge in [0, 0.05) is 19.5 Å². The van der Waals surface area contributed by atoms with Crippen molar-refractivity contribution in [2.45, 2.75) is 58.3 Å². The first-order chi connectivity index (χ1) is 6.84. The third kappa shape index (κ3) is 5.78. The Balaban J connectivity index is 0.00000196. The summed E-state index contributed by atoms with van der Waals surface area (Å²) >= 11 is 0. The SMILES string of the molecule is CCCCCCCCN1CCCC1=O.O. The van der Waals surface area contributed by atoms with Crippen molar-refractivity contribution in [3.8, 4) is 0 Å². The van der Waals surface area contributed by atoms with Gasteiger partial charge < -0.3 is 10.4 Å². The van der Waals surface area contributed by atoms with Crippen LogP contribution in [0, 0.1) is 0 Å². The first-order valence-corrected chi connectivity index (χ1v) is 6.12. The van der Waals surface area contributed by atoms with Gasteiger partial charge in [-0.1, -0.05) is 39.0 Å². The lowest BCUT2D eigenvalue weighted by atomic mass is 10.1. The molecule has 0 aliphatic carbocycles. The number of carbonyl (C=O) groups excluding carboxylic acids is 1. The van der Waals surface area contributed by atoms with E-state index in [1.165, 1.54) is 38.5 Å². The lowest BCUT2D eigenvalue weighted by molar-refractivity contribution is -0.127. The van der Waals surface area contributed by atoms with Crippen LogP contribution in [0.15, 0.2) is 0 Å². The molecule has 1 aliphatic rings. The molecule has 1 amide bonds. The van der Waals surface area contributed by atoms with Crippen molar-refractivity contribution in [2.24, 2.45) is 0 Å². The number of hydrogen-bond acceptors (Lipinski definition) is 1. The molecule has 0 aromatic heterocycles. The second-order valence-electron chi connectivity index (χ2n) is 4.25. The van der Waals surface area contributed by atoms with Gasteiger partial charge in [0.15, 0.2) is 0 Å². The monoisotopic (exact) mass is 215 g/mol. The lowest BCUT2D eigenvalue weighted by Crippen LogP contribution is -2.25. The summed E-state index contributed by atoms with van der Waals surface area (Å²) in [6, 6.07) is 0. The second kappa shape index (κ2) is 8.72. The summed E-state index contributed by atoms with van der Waals surface area (Å²) < 4.78 is 0. The Morgan fingerprint density at radius 3 is 2.40 bits per heavy atom. The molecule has 0 atom stereocenters. The van der Waals surface area contributed by atoms with Crippen LogP contribution in [0.4, 0.5) is 0 Å². The molecule has 0 aromatic carbocycles. The molecule has 0 bridgehead atoms. The van der Waals surface area contributed by atoms with Gasteiger partial charge in [0.25, 0.3) is 0 Å². The van der Waals surface area contributed by atoms with Crippen LogP contribution in [0.3, 0.4) is 0 Å². The van der Waals surface area contributed by atoms with Crippen LogP contribution < -0.4 is 0 Å². The van der Waals surface area contributed by atoms with E-state index in [1.807, 2.05) is 4.90 Å². The van der Waals surface area contributed by atoms with E-state index in [0.29, 0.717) is 5.91 Å². The van der Waals surface area contributed by atoms with E-state index in [-0.39, 0.29) is 5.48 Å². The number of hydrogen-bond donors (Lipinski definition) is 0. The van der Waals surface area contributed by atoms with Gasteiger partial charge >= 0.3 is 0 Å². The molecule has 1 rings (SSSR count). The fourth-order valence-corrected chi connectivity index (χ4v) is 2.02. The van der Waals surface area contributed by atoms with Crippen LogP contribution in [0.5, 0.6) is 0 Å². The first kappa shape index (κ1) is 14.4. The van der Waals surface area contributed by atoms with E-state index in [1.54, 1.807) is 0 Å². The van der Waals surface area contributed by atoms with Gasteiger partial charge in [0.2, 0.25) is 5.91 Å². The molecule has 1 heterocycles. The number of unbranched alkanes of at least 4 members (excludes halogenated alkanes) is 5. The Morgan fingerprint density at radius 2 is 1.80 bits per heavy atom. The minimum Gasteiger partial charge on any atom is -0.412 e. The third-order valence-corrected chi connectivity index (χ3v) is 2.95. The molecule has 0 aromatic rings. The second-order valence-corrected chi connectivity index (χ2v) is 4.25. The van der Waals surface area contributed by atoms with E-state index in [0.717, 1.165) is 25.9 Å². The molecule has 0 radical (unpaired) electrons. The molecule has 90 valence electrons. The Bertz CT molecular complexity index is 171. The Labute approximate surface area is 93.1 Å². The number of nitrogens with zero attached hydrogens (tertiary/aromatic N) is 1. The maximum absolute atomic E-state index is 11.3. The number of amides is 1. The summed E-state index contributed by atoms with van der Waals surface area (Å²) in [6.45, 7) is 4.25. The fraction of sp³-hybridized carbons (Fsp3) is 0.917. The van der Waals surface area contributed by atoms with E-state index < -0.39 is 0 Å². The van der Waals surface area contributed by atoms with Gasteiger partial charge in [0.1, 0.15) is 0 Å². The molecule has 0 spiro atoms. The molecule has 15 heavy (non-hydrogen) atoms. The average molecular weight is 215 g/mol. The number of rotatable bonds is 7. The van der Waals surface area contributed by atoms with Gasteiger partial charge in [-0.2, -0.15) is 0 Å². The summed E-state index contributed by atoms with van der Waals surface area (Å²) in [5.74, 6) is 0.374. The minimum absolute atomic E-state index is 0. The first-order valence-electron chi connectivity index (χ1n) is 6.12. The molecule has 1 fully saturated rings. The highest BCUT2D eigenvalue weighted by Crippen LogP contribution is 2.12. The molecular formula is C12H25NO2. The van der Waals surface area contributed by atoms with Crippen molar-refractivity contribution in [1.29, 1.82) is 0 Å². The molecule has 2 N–H and O–H groups in total. The molecular weight excluding hydrogens is 190 g/mol. The smallest absolute Gasteiger partial charge is 0.222 e. The number of likely N-dealkylation sites (tertiary alicyclic amines) is 1. The molecule has 3 heteroatoms. The molecule has 1 saturated heterocycles. The predicted molar refractivity (Wildman–Crippen MR) is 62.8 cm³/mol. The zero-order chi connectivity index (χ0) is 10.2. The van der Waals surface area contributed by atoms with Gasteiger partial charge in [-0.05, 0) is 12.8 Å². The molecule has 0 saturated carbocycles. The van der Waals surface area contributed by atoms with E-state index >= 15 is 0 Å². The lowest BCUT2D eigenvalue weighted by Gasteiger charge is -2.14. The minimum atomic E-state index is 0. The maximum atomic E-state index is 11.3. The summed E-state index contributed by atoms with van der Waals surface area (Å²) in [6.07, 6.45) is 9.75. The normalized spacial score (nSPS) is 15.5. The zero-order valence-electron chi connectivity index (χ0n) is 9.93. The third-order valence-electron chi connectivity index (χ3n) is 2.95. The quantitative estimate of drug-likeness (QED) is 0.600. The average Bonchev–Trinajstić information content (AvgIpc) is 2.58. The van der Waals surface area contributed by atoms with E-state index in [2.05, 4.69) is 6.92 Å². The van der Waals surface area contributed by atoms with Crippen LogP contribution in [-0.4, -0.2) is 29.4 Å². The highest BCUT2D eigenvalue weighted by atomic mass is 16.2. The van der Waals surface area contributed by atoms with Crippen LogP contribution in [-0.2, 0) is 4.79 Å². The molecule has 0 unspecified atom stereocenters. The Morgan fingerprint density at radius 1 is 1.13 bits per heavy atom. The van der Waals surface area contributed by atoms with Crippen molar-refractivity contribution < 1.29 is 10.3 Å². The van der Waals surface area contributed by atoms with Crippen LogP contribution in [0.2, 0.25) is 0 Å². The summed E-state index contributed by atoms with van der Waals surface area (Å²) in [7, 11) is 0. The Hall–Kier alpha value is -0.570. The van der Waals surface area contributed by atoms with Crippen molar-refractivity contribution in [3.63, 3.8) is 0 Å². The number of carbonyl (C=O) groups is 1. The highest BCUT2D eigenvalue weighted by Gasteiger charge is 2.18. The van der Waals surface area contributed by atoms with E-state index in [4.69, 9.17) is 0 Å². The summed E-state index contributed by atoms with van der Waals surface area (Å²) in [5.41, 5.74) is 0. The fourth-order valence-electron chi connectivity index (χ4n) is 2.02. The summed E-state index contributed by atoms with van der Waals surface area (Å²) in [4.78, 5) is 13.3. The van der Waals surface area contributed by atoms with Gasteiger partial charge in [0.05, 0.1) is 0 Å². The van der Waals surface area contributed by atoms with E-state index in [9.17, 15) is 4.79 Å². The van der Waals surface area contributed by atoms with Crippen molar-refractivity contribution in [3.05, 3.63) is 0 Å². The Kier molecular flexibility index (Phi) is 8.38. The highest BCUT2D eigenvalue weighted by molar-refractivity contribution is 5.77. The van der Waals surface area contributed by atoms with Crippen molar-refractivity contribution in [2.75, 3.05) is 13.1 Å². The van der Waals surface area contributed by atoms with Crippen LogP contribution in [0.1, 0.15) is 58.3 Å². The predicted octanol–water partition coefficient (Wildman–Crippen LogP) is 2.14. The van der Waals surface area contributed by atoms with Crippen LogP contribution >= 0.6 is 0 Å². The van der Waals surface area contributed by atoms with Crippen LogP contribution in [0.25, 0.3) is 0 Å². The molecule has 1 aliphatic heterocycles. The van der Waals surface area contributed by atoms with Crippen molar-refractivity contribution >= 4 is 5.91 Å². The maximum Gasteiger partial charge on any atom is 0.222 e.